The molecule has 0 aliphatic carbocycles. The minimum absolute atomic E-state index is 0.0131. The number of aromatic nitrogens is 2. The molecule has 4 aliphatic rings. The minimum atomic E-state index is -3.60. The van der Waals surface area contributed by atoms with E-state index in [-0.39, 0.29) is 60.7 Å². The number of fused-ring (bicyclic) bond motifs is 3. The lowest BCUT2D eigenvalue weighted by atomic mass is 9.84. The van der Waals surface area contributed by atoms with E-state index in [9.17, 15) is 8.42 Å². The molecule has 6 heterocycles. The zero-order valence-electron chi connectivity index (χ0n) is 21.6. The van der Waals surface area contributed by atoms with Crippen LogP contribution in [0.1, 0.15) is 51.0 Å². The van der Waals surface area contributed by atoms with Gasteiger partial charge < -0.3 is 10.6 Å². The Balaban J connectivity index is 1.26. The number of anilines is 2. The molecule has 4 aliphatic heterocycles. The molecule has 4 N–H and O–H groups in total. The third kappa shape index (κ3) is 4.58. The molecule has 0 saturated carbocycles. The molecule has 38 heavy (non-hydrogen) atoms. The highest BCUT2D eigenvalue weighted by Crippen LogP contribution is 2.40. The van der Waals surface area contributed by atoms with Crippen LogP contribution in [0.2, 0.25) is 0 Å². The maximum Gasteiger partial charge on any atom is 0.282 e. The van der Waals surface area contributed by atoms with E-state index in [4.69, 9.17) is 5.26 Å². The molecule has 0 aromatic carbocycles. The third-order valence-corrected chi connectivity index (χ3v) is 10.3. The smallest absolute Gasteiger partial charge is 0.282 e. The number of nitrogens with one attached hydrogen (secondary N) is 4. The maximum absolute atomic E-state index is 15.5. The SMILES string of the molecule is Cc1cnc2c(F)c(NC3CC(C)NN3)nc(NC3C[C@H]4CCC[C@@H](C3)N4S(=O)(=O)N3CC(C#N)C3)c2c1. The van der Waals surface area contributed by atoms with Gasteiger partial charge in [-0.3, -0.25) is 10.4 Å². The minimum Gasteiger partial charge on any atom is -0.367 e. The van der Waals surface area contributed by atoms with Crippen LogP contribution in [0.25, 0.3) is 10.9 Å². The van der Waals surface area contributed by atoms with Crippen LogP contribution in [0, 0.1) is 30.0 Å². The van der Waals surface area contributed by atoms with Crippen molar-refractivity contribution in [3.05, 3.63) is 23.6 Å². The molecule has 6 rings (SSSR count). The largest absolute Gasteiger partial charge is 0.367 e. The van der Waals surface area contributed by atoms with Crippen LogP contribution < -0.4 is 21.5 Å². The summed E-state index contributed by atoms with van der Waals surface area (Å²) in [6.45, 7) is 4.50. The highest BCUT2D eigenvalue weighted by atomic mass is 32.2. The monoisotopic (exact) mass is 543 g/mol. The van der Waals surface area contributed by atoms with Crippen molar-refractivity contribution in [3.63, 3.8) is 0 Å². The number of pyridine rings is 2. The number of aryl methyl sites for hydroxylation is 1. The van der Waals surface area contributed by atoms with Gasteiger partial charge in [-0.2, -0.15) is 22.3 Å². The van der Waals surface area contributed by atoms with E-state index in [2.05, 4.69) is 37.5 Å². The summed E-state index contributed by atoms with van der Waals surface area (Å²) >= 11 is 0. The first-order valence-electron chi connectivity index (χ1n) is 13.4. The van der Waals surface area contributed by atoms with E-state index in [1.165, 1.54) is 4.31 Å². The van der Waals surface area contributed by atoms with Crippen LogP contribution in [0.3, 0.4) is 0 Å². The lowest BCUT2D eigenvalue weighted by Crippen LogP contribution is -2.63. The van der Waals surface area contributed by atoms with Gasteiger partial charge >= 0.3 is 0 Å². The second-order valence-electron chi connectivity index (χ2n) is 11.2. The molecule has 2 bridgehead atoms. The lowest BCUT2D eigenvalue weighted by molar-refractivity contribution is 0.0984. The number of halogens is 1. The molecule has 2 aromatic rings. The van der Waals surface area contributed by atoms with Crippen LogP contribution >= 0.6 is 0 Å². The Labute approximate surface area is 222 Å². The molecule has 4 fully saturated rings. The van der Waals surface area contributed by atoms with Crippen molar-refractivity contribution in [2.75, 3.05) is 23.7 Å². The Hall–Kier alpha value is -2.63. The molecule has 0 radical (unpaired) electrons. The molecule has 2 aromatic heterocycles. The van der Waals surface area contributed by atoms with E-state index in [0.717, 1.165) is 31.2 Å². The Bertz CT molecular complexity index is 1360. The molecule has 4 saturated heterocycles. The molecular weight excluding hydrogens is 509 g/mol. The van der Waals surface area contributed by atoms with Crippen molar-refractivity contribution in [1.82, 2.24) is 29.4 Å². The quantitative estimate of drug-likeness (QED) is 0.432. The fourth-order valence-corrected chi connectivity index (χ4v) is 8.45. The summed E-state index contributed by atoms with van der Waals surface area (Å²) < 4.78 is 45.5. The topological polar surface area (TPSA) is 138 Å². The summed E-state index contributed by atoms with van der Waals surface area (Å²) in [5.74, 6) is -0.0252. The summed E-state index contributed by atoms with van der Waals surface area (Å²) in [7, 11) is -3.60. The van der Waals surface area contributed by atoms with E-state index >= 15 is 4.39 Å². The van der Waals surface area contributed by atoms with E-state index in [1.807, 2.05) is 19.9 Å². The fourth-order valence-electron chi connectivity index (χ4n) is 6.31. The summed E-state index contributed by atoms with van der Waals surface area (Å²) in [5.41, 5.74) is 7.40. The molecule has 0 amide bonds. The summed E-state index contributed by atoms with van der Waals surface area (Å²) in [5, 5.41) is 16.4. The van der Waals surface area contributed by atoms with Gasteiger partial charge in [0.15, 0.2) is 11.6 Å². The van der Waals surface area contributed by atoms with Crippen molar-refractivity contribution in [1.29, 1.82) is 5.26 Å². The second-order valence-corrected chi connectivity index (χ2v) is 13.0. The Morgan fingerprint density at radius 2 is 1.87 bits per heavy atom. The number of hydrogen-bond donors (Lipinski definition) is 4. The van der Waals surface area contributed by atoms with Crippen molar-refractivity contribution >= 4 is 32.7 Å². The first-order chi connectivity index (χ1) is 18.2. The highest BCUT2D eigenvalue weighted by Gasteiger charge is 2.49. The van der Waals surface area contributed by atoms with Gasteiger partial charge in [-0.25, -0.2) is 14.8 Å². The number of nitriles is 1. The van der Waals surface area contributed by atoms with E-state index < -0.39 is 16.0 Å². The van der Waals surface area contributed by atoms with Gasteiger partial charge in [0.1, 0.15) is 11.3 Å². The summed E-state index contributed by atoms with van der Waals surface area (Å²) in [6, 6.07) is 4.04. The van der Waals surface area contributed by atoms with E-state index in [1.54, 1.807) is 10.5 Å². The van der Waals surface area contributed by atoms with Crippen molar-refractivity contribution < 1.29 is 12.8 Å². The van der Waals surface area contributed by atoms with Crippen LogP contribution in [0.5, 0.6) is 0 Å². The second kappa shape index (κ2) is 9.84. The maximum atomic E-state index is 15.5. The van der Waals surface area contributed by atoms with Gasteiger partial charge in [0, 0.05) is 48.8 Å². The fraction of sp³-hybridized carbons (Fsp3) is 0.640. The third-order valence-electron chi connectivity index (χ3n) is 8.19. The number of hydrazine groups is 1. The number of piperidine rings is 2. The molecule has 13 heteroatoms. The van der Waals surface area contributed by atoms with Gasteiger partial charge in [0.25, 0.3) is 10.2 Å². The Morgan fingerprint density at radius 1 is 1.13 bits per heavy atom. The van der Waals surface area contributed by atoms with Crippen LogP contribution in [-0.4, -0.2) is 70.4 Å². The van der Waals surface area contributed by atoms with Gasteiger partial charge in [-0.15, -0.1) is 0 Å². The van der Waals surface area contributed by atoms with Gasteiger partial charge in [0.05, 0.1) is 18.2 Å². The predicted octanol–water partition coefficient (Wildman–Crippen LogP) is 2.20. The average Bonchev–Trinajstić information content (AvgIpc) is 3.25. The lowest BCUT2D eigenvalue weighted by Gasteiger charge is -2.50. The van der Waals surface area contributed by atoms with Crippen LogP contribution in [0.4, 0.5) is 16.0 Å². The number of rotatable bonds is 6. The first kappa shape index (κ1) is 25.6. The first-order valence-corrected chi connectivity index (χ1v) is 14.8. The average molecular weight is 544 g/mol. The van der Waals surface area contributed by atoms with Crippen molar-refractivity contribution in [2.45, 2.75) is 82.7 Å². The Kier molecular flexibility index (Phi) is 6.64. The van der Waals surface area contributed by atoms with Crippen LogP contribution in [-0.2, 0) is 10.2 Å². The predicted molar refractivity (Wildman–Crippen MR) is 142 cm³/mol. The summed E-state index contributed by atoms with van der Waals surface area (Å²) in [4.78, 5) is 9.07. The molecular formula is C25H34FN9O2S. The molecule has 3 unspecified atom stereocenters. The Morgan fingerprint density at radius 3 is 2.53 bits per heavy atom. The van der Waals surface area contributed by atoms with Gasteiger partial charge in [-0.05, 0) is 57.6 Å². The van der Waals surface area contributed by atoms with Gasteiger partial charge in [0.2, 0.25) is 0 Å². The number of nitrogens with zero attached hydrogens (tertiary/aromatic N) is 5. The van der Waals surface area contributed by atoms with Crippen LogP contribution in [0.15, 0.2) is 12.3 Å². The molecule has 11 nitrogen and oxygen atoms in total. The summed E-state index contributed by atoms with van der Waals surface area (Å²) in [6.07, 6.45) is 6.11. The van der Waals surface area contributed by atoms with E-state index in [0.29, 0.717) is 24.0 Å². The van der Waals surface area contributed by atoms with Gasteiger partial charge in [-0.1, -0.05) is 6.42 Å². The highest BCUT2D eigenvalue weighted by molar-refractivity contribution is 7.86. The molecule has 204 valence electrons. The number of hydrogen-bond acceptors (Lipinski definition) is 9. The van der Waals surface area contributed by atoms with Crippen molar-refractivity contribution in [2.24, 2.45) is 5.92 Å². The normalized spacial score (nSPS) is 30.6. The molecule has 5 atom stereocenters. The zero-order valence-corrected chi connectivity index (χ0v) is 22.4. The van der Waals surface area contributed by atoms with Crippen molar-refractivity contribution in [3.8, 4) is 6.07 Å². The zero-order chi connectivity index (χ0) is 26.6. The molecule has 0 spiro atoms. The standard InChI is InChI=1S/C25H34FN9O2S/c1-14-6-20-23(28-11-14)22(26)25(30-21-7-15(2)32-33-21)31-24(20)29-17-8-18-4-3-5-19(9-17)35(18)38(36,37)34-12-16(10-27)13-34/h6,11,15-19,21,32-33H,3-5,7-9,12-13H2,1-2H3,(H2,29,30,31)/t15?,17?,18-,19+,21?.